The second kappa shape index (κ2) is 5.29. The highest BCUT2D eigenvalue weighted by Crippen LogP contribution is 2.14. The molecule has 0 saturated carbocycles. The first-order chi connectivity index (χ1) is 7.00. The molecular formula is C13H21NO. The van der Waals surface area contributed by atoms with Crippen molar-refractivity contribution in [2.45, 2.75) is 45.9 Å². The summed E-state index contributed by atoms with van der Waals surface area (Å²) >= 11 is 0. The number of aliphatic hydroxyl groups excluding tert-OH is 1. The lowest BCUT2D eigenvalue weighted by Crippen LogP contribution is -2.37. The second-order valence-electron chi connectivity index (χ2n) is 4.33. The Morgan fingerprint density at radius 1 is 1.07 bits per heavy atom. The quantitative estimate of drug-likeness (QED) is 0.794. The number of aryl methyl sites for hydroxylation is 1. The van der Waals surface area contributed by atoms with E-state index in [-0.39, 0.29) is 18.2 Å². The smallest absolute Gasteiger partial charge is 0.0662 e. The molecule has 0 fully saturated rings. The first kappa shape index (κ1) is 12.2. The Labute approximate surface area is 92.3 Å². The summed E-state index contributed by atoms with van der Waals surface area (Å²) in [5.74, 6) is 0. The fourth-order valence-electron chi connectivity index (χ4n) is 1.48. The summed E-state index contributed by atoms with van der Waals surface area (Å²) in [6.45, 7) is 8.00. The van der Waals surface area contributed by atoms with Gasteiger partial charge in [0.15, 0.2) is 0 Å². The predicted molar refractivity (Wildman–Crippen MR) is 63.9 cm³/mol. The van der Waals surface area contributed by atoms with E-state index in [4.69, 9.17) is 0 Å². The van der Waals surface area contributed by atoms with E-state index in [2.05, 4.69) is 43.4 Å². The summed E-state index contributed by atoms with van der Waals surface area (Å²) in [5.41, 5.74) is 2.53. The highest BCUT2D eigenvalue weighted by molar-refractivity contribution is 5.23. The minimum atomic E-state index is -0.321. The molecule has 2 unspecified atom stereocenters. The van der Waals surface area contributed by atoms with Crippen LogP contribution in [0.15, 0.2) is 24.3 Å². The maximum absolute atomic E-state index is 9.40. The molecule has 15 heavy (non-hydrogen) atoms. The minimum Gasteiger partial charge on any atom is -0.392 e. The van der Waals surface area contributed by atoms with Gasteiger partial charge in [-0.2, -0.15) is 0 Å². The van der Waals surface area contributed by atoms with E-state index in [1.165, 1.54) is 11.1 Å². The Hall–Kier alpha value is -0.860. The monoisotopic (exact) mass is 207 g/mol. The van der Waals surface area contributed by atoms with Gasteiger partial charge in [0.2, 0.25) is 0 Å². The Balaban J connectivity index is 2.61. The van der Waals surface area contributed by atoms with Crippen molar-refractivity contribution in [3.05, 3.63) is 35.4 Å². The van der Waals surface area contributed by atoms with Crippen LogP contribution in [0.3, 0.4) is 0 Å². The minimum absolute atomic E-state index is 0.112. The van der Waals surface area contributed by atoms with E-state index < -0.39 is 0 Å². The van der Waals surface area contributed by atoms with Crippen molar-refractivity contribution < 1.29 is 5.11 Å². The number of aliphatic hydroxyl groups is 1. The van der Waals surface area contributed by atoms with E-state index in [9.17, 15) is 5.11 Å². The van der Waals surface area contributed by atoms with Gasteiger partial charge < -0.3 is 10.4 Å². The Morgan fingerprint density at radius 2 is 1.60 bits per heavy atom. The highest BCUT2D eigenvalue weighted by atomic mass is 16.3. The van der Waals surface area contributed by atoms with Crippen LogP contribution in [0.1, 0.15) is 37.9 Å². The molecule has 0 radical (unpaired) electrons. The van der Waals surface area contributed by atoms with Crippen LogP contribution in [0.4, 0.5) is 0 Å². The molecule has 3 atom stereocenters. The molecule has 1 aromatic rings. The molecule has 0 bridgehead atoms. The molecule has 2 N–H and O–H groups in total. The summed E-state index contributed by atoms with van der Waals surface area (Å²) in [4.78, 5) is 0. The lowest BCUT2D eigenvalue weighted by atomic mass is 10.1. The molecule has 1 aromatic carbocycles. The lowest BCUT2D eigenvalue weighted by Gasteiger charge is -2.22. The summed E-state index contributed by atoms with van der Waals surface area (Å²) in [5, 5.41) is 12.8. The van der Waals surface area contributed by atoms with Crippen LogP contribution in [0, 0.1) is 6.92 Å². The first-order valence-electron chi connectivity index (χ1n) is 5.51. The van der Waals surface area contributed by atoms with Crippen LogP contribution in [-0.2, 0) is 0 Å². The largest absolute Gasteiger partial charge is 0.392 e. The second-order valence-corrected chi connectivity index (χ2v) is 4.33. The number of hydrogen-bond acceptors (Lipinski definition) is 2. The molecule has 1 rings (SSSR count). The van der Waals surface area contributed by atoms with E-state index in [1.807, 2.05) is 6.92 Å². The molecule has 0 aliphatic carbocycles. The van der Waals surface area contributed by atoms with Crippen molar-refractivity contribution in [1.82, 2.24) is 5.32 Å². The Kier molecular flexibility index (Phi) is 4.30. The number of rotatable bonds is 4. The maximum Gasteiger partial charge on any atom is 0.0662 e. The van der Waals surface area contributed by atoms with Gasteiger partial charge in [-0.25, -0.2) is 0 Å². The Morgan fingerprint density at radius 3 is 2.07 bits per heavy atom. The van der Waals surface area contributed by atoms with Gasteiger partial charge in [0.25, 0.3) is 0 Å². The topological polar surface area (TPSA) is 32.3 Å². The van der Waals surface area contributed by atoms with Gasteiger partial charge >= 0.3 is 0 Å². The zero-order valence-electron chi connectivity index (χ0n) is 9.99. The van der Waals surface area contributed by atoms with Crippen molar-refractivity contribution in [3.8, 4) is 0 Å². The fraction of sp³-hybridized carbons (Fsp3) is 0.538. The van der Waals surface area contributed by atoms with E-state index in [1.54, 1.807) is 6.92 Å². The highest BCUT2D eigenvalue weighted by Gasteiger charge is 2.12. The van der Waals surface area contributed by atoms with Crippen LogP contribution in [-0.4, -0.2) is 17.3 Å². The van der Waals surface area contributed by atoms with Crippen LogP contribution < -0.4 is 5.32 Å². The lowest BCUT2D eigenvalue weighted by molar-refractivity contribution is 0.147. The van der Waals surface area contributed by atoms with Gasteiger partial charge in [-0.15, -0.1) is 0 Å². The SMILES string of the molecule is Cc1ccc([C@H](C)NC(C)C(C)O)cc1. The molecule has 2 heteroatoms. The zero-order valence-corrected chi connectivity index (χ0v) is 9.99. The molecule has 0 saturated heterocycles. The molecule has 0 spiro atoms. The summed E-state index contributed by atoms with van der Waals surface area (Å²) in [7, 11) is 0. The van der Waals surface area contributed by atoms with Gasteiger partial charge in [-0.3, -0.25) is 0 Å². The summed E-state index contributed by atoms with van der Waals surface area (Å²) < 4.78 is 0. The van der Waals surface area contributed by atoms with E-state index in [0.29, 0.717) is 0 Å². The van der Waals surface area contributed by atoms with Crippen molar-refractivity contribution in [1.29, 1.82) is 0 Å². The van der Waals surface area contributed by atoms with Crippen LogP contribution in [0.2, 0.25) is 0 Å². The van der Waals surface area contributed by atoms with Gasteiger partial charge in [-0.05, 0) is 33.3 Å². The summed E-state index contributed by atoms with van der Waals surface area (Å²) in [6.07, 6.45) is -0.321. The first-order valence-corrected chi connectivity index (χ1v) is 5.51. The Bertz CT molecular complexity index is 292. The van der Waals surface area contributed by atoms with Crippen molar-refractivity contribution in [3.63, 3.8) is 0 Å². The maximum atomic E-state index is 9.40. The van der Waals surface area contributed by atoms with Gasteiger partial charge in [-0.1, -0.05) is 29.8 Å². The molecule has 84 valence electrons. The fourth-order valence-corrected chi connectivity index (χ4v) is 1.48. The van der Waals surface area contributed by atoms with E-state index in [0.717, 1.165) is 0 Å². The number of hydrogen-bond donors (Lipinski definition) is 2. The summed E-state index contributed by atoms with van der Waals surface area (Å²) in [6, 6.07) is 8.86. The average Bonchev–Trinajstić information content (AvgIpc) is 2.18. The third-order valence-electron chi connectivity index (χ3n) is 2.81. The van der Waals surface area contributed by atoms with Crippen molar-refractivity contribution in [2.24, 2.45) is 0 Å². The predicted octanol–water partition coefficient (Wildman–Crippen LogP) is 2.41. The van der Waals surface area contributed by atoms with Crippen molar-refractivity contribution >= 4 is 0 Å². The molecule has 0 heterocycles. The third kappa shape index (κ3) is 3.65. The molecular weight excluding hydrogens is 186 g/mol. The van der Waals surface area contributed by atoms with Gasteiger partial charge in [0.05, 0.1) is 6.10 Å². The standard InChI is InChI=1S/C13H21NO/c1-9-5-7-13(8-6-9)11(3)14-10(2)12(4)15/h5-8,10-12,14-15H,1-4H3/t10?,11-,12?/m0/s1. The van der Waals surface area contributed by atoms with Crippen molar-refractivity contribution in [2.75, 3.05) is 0 Å². The molecule has 2 nitrogen and oxygen atoms in total. The average molecular weight is 207 g/mol. The number of benzene rings is 1. The third-order valence-corrected chi connectivity index (χ3v) is 2.81. The van der Waals surface area contributed by atoms with E-state index >= 15 is 0 Å². The number of nitrogens with one attached hydrogen (secondary N) is 1. The molecule has 0 amide bonds. The van der Waals surface area contributed by atoms with Crippen LogP contribution in [0.5, 0.6) is 0 Å². The van der Waals surface area contributed by atoms with Gasteiger partial charge in [0, 0.05) is 12.1 Å². The van der Waals surface area contributed by atoms with Crippen LogP contribution >= 0.6 is 0 Å². The normalized spacial score (nSPS) is 17.1. The molecule has 0 aromatic heterocycles. The van der Waals surface area contributed by atoms with Crippen LogP contribution in [0.25, 0.3) is 0 Å². The van der Waals surface area contributed by atoms with Gasteiger partial charge in [0.1, 0.15) is 0 Å². The molecule has 0 aliphatic rings. The zero-order chi connectivity index (χ0) is 11.4. The molecule has 0 aliphatic heterocycles.